The monoisotopic (exact) mass is 440 g/mol. The Kier molecular flexibility index (Phi) is 8.58. The molecule has 7 heteroatoms. The molecule has 0 aromatic heterocycles. The van der Waals surface area contributed by atoms with Crippen molar-refractivity contribution in [3.8, 4) is 0 Å². The number of allylic oxidation sites excluding steroid dienone is 1. The predicted molar refractivity (Wildman–Crippen MR) is 125 cm³/mol. The van der Waals surface area contributed by atoms with E-state index in [0.29, 0.717) is 18.7 Å². The summed E-state index contributed by atoms with van der Waals surface area (Å²) >= 11 is 0. The summed E-state index contributed by atoms with van der Waals surface area (Å²) in [5.74, 6) is -0.972. The van der Waals surface area contributed by atoms with Crippen molar-refractivity contribution >= 4 is 47.9 Å². The van der Waals surface area contributed by atoms with Crippen molar-refractivity contribution in [2.75, 3.05) is 31.1 Å². The van der Waals surface area contributed by atoms with Crippen LogP contribution in [-0.4, -0.2) is 53.8 Å². The average molecular weight is 441 g/mol. The molecule has 2 aromatic carbocycles. The van der Waals surface area contributed by atoms with E-state index in [4.69, 9.17) is 5.11 Å². The third-order valence-electron chi connectivity index (χ3n) is 5.02. The van der Waals surface area contributed by atoms with Gasteiger partial charge in [-0.1, -0.05) is 30.3 Å². The number of ketones is 1. The van der Waals surface area contributed by atoms with Crippen molar-refractivity contribution in [3.63, 3.8) is 0 Å². The van der Waals surface area contributed by atoms with E-state index in [1.807, 2.05) is 41.3 Å². The lowest BCUT2D eigenvalue weighted by Crippen LogP contribution is -2.48. The van der Waals surface area contributed by atoms with Crippen molar-refractivity contribution in [1.82, 2.24) is 4.90 Å². The summed E-state index contributed by atoms with van der Waals surface area (Å²) in [4.78, 5) is 38.5. The first-order valence-electron chi connectivity index (χ1n) is 9.76. The Morgan fingerprint density at radius 2 is 1.32 bits per heavy atom. The fourth-order valence-electron chi connectivity index (χ4n) is 3.27. The molecular weight excluding hydrogens is 416 g/mol. The molecule has 0 unspecified atom stereocenters. The van der Waals surface area contributed by atoms with Crippen LogP contribution in [0.2, 0.25) is 0 Å². The van der Waals surface area contributed by atoms with Gasteiger partial charge in [0.1, 0.15) is 0 Å². The molecule has 0 spiro atoms. The van der Waals surface area contributed by atoms with Gasteiger partial charge in [0.05, 0.1) is 0 Å². The molecule has 0 aliphatic carbocycles. The van der Waals surface area contributed by atoms with Crippen LogP contribution in [0.1, 0.15) is 28.4 Å². The highest BCUT2D eigenvalue weighted by atomic mass is 35.5. The van der Waals surface area contributed by atoms with E-state index in [2.05, 4.69) is 4.90 Å². The number of carboxylic acids is 1. The minimum absolute atomic E-state index is 0. The maximum Gasteiger partial charge on any atom is 0.328 e. The first-order valence-corrected chi connectivity index (χ1v) is 9.76. The van der Waals surface area contributed by atoms with Gasteiger partial charge in [0, 0.05) is 50.4 Å². The van der Waals surface area contributed by atoms with Crippen LogP contribution in [0.25, 0.3) is 12.2 Å². The fraction of sp³-hybridized carbons (Fsp3) is 0.208. The molecule has 1 saturated heterocycles. The minimum Gasteiger partial charge on any atom is -0.478 e. The van der Waals surface area contributed by atoms with E-state index < -0.39 is 5.97 Å². The third-order valence-corrected chi connectivity index (χ3v) is 5.02. The van der Waals surface area contributed by atoms with Crippen LogP contribution < -0.4 is 4.90 Å². The molecule has 1 aliphatic rings. The van der Waals surface area contributed by atoms with Gasteiger partial charge in [-0.3, -0.25) is 9.59 Å². The number of hydrogen-bond acceptors (Lipinski definition) is 4. The molecule has 2 aromatic rings. The standard InChI is InChI=1S/C24H24N2O4.ClH/c1-18(27)25-14-16-26(17-15-25)22-10-8-21(9-11-22)23(28)12-6-19-2-4-20(5-3-19)7-13-24(29)30;/h2-13H,14-17H2,1H3,(H,29,30);1H/b12-6+,13-7+;. The summed E-state index contributed by atoms with van der Waals surface area (Å²) in [6.45, 7) is 4.58. The molecular formula is C24H25ClN2O4. The second kappa shape index (κ2) is 11.1. The van der Waals surface area contributed by atoms with Gasteiger partial charge >= 0.3 is 5.97 Å². The highest BCUT2D eigenvalue weighted by Crippen LogP contribution is 2.18. The smallest absolute Gasteiger partial charge is 0.328 e. The molecule has 1 aliphatic heterocycles. The van der Waals surface area contributed by atoms with Crippen LogP contribution in [0.5, 0.6) is 0 Å². The number of carbonyl (C=O) groups is 3. The van der Waals surface area contributed by atoms with Gasteiger partial charge in [-0.25, -0.2) is 4.79 Å². The topological polar surface area (TPSA) is 77.9 Å². The number of hydrogen-bond donors (Lipinski definition) is 1. The highest BCUT2D eigenvalue weighted by molar-refractivity contribution is 6.07. The van der Waals surface area contributed by atoms with Gasteiger partial charge in [-0.2, -0.15) is 0 Å². The van der Waals surface area contributed by atoms with Gasteiger partial charge in [-0.05, 0) is 47.5 Å². The number of carboxylic acid groups (broad SMARTS) is 1. The van der Waals surface area contributed by atoms with Gasteiger partial charge < -0.3 is 14.9 Å². The molecule has 1 N–H and O–H groups in total. The summed E-state index contributed by atoms with van der Waals surface area (Å²) in [5.41, 5.74) is 3.29. The Morgan fingerprint density at radius 3 is 1.81 bits per heavy atom. The quantitative estimate of drug-likeness (QED) is 0.546. The lowest BCUT2D eigenvalue weighted by molar-refractivity contribution is -0.131. The maximum atomic E-state index is 12.4. The Balaban J connectivity index is 0.00000341. The largest absolute Gasteiger partial charge is 0.478 e. The first kappa shape index (κ1) is 23.9. The number of nitrogens with zero attached hydrogens (tertiary/aromatic N) is 2. The van der Waals surface area contributed by atoms with Gasteiger partial charge in [-0.15, -0.1) is 12.4 Å². The summed E-state index contributed by atoms with van der Waals surface area (Å²) in [6, 6.07) is 14.8. The van der Waals surface area contributed by atoms with Crippen LogP contribution in [0.4, 0.5) is 5.69 Å². The number of piperazine rings is 1. The normalized spacial score (nSPS) is 14.0. The van der Waals surface area contributed by atoms with E-state index in [1.165, 1.54) is 12.2 Å². The fourth-order valence-corrected chi connectivity index (χ4v) is 3.27. The van der Waals surface area contributed by atoms with Crippen molar-refractivity contribution < 1.29 is 19.5 Å². The van der Waals surface area contributed by atoms with Gasteiger partial charge in [0.2, 0.25) is 5.91 Å². The Morgan fingerprint density at radius 1 is 0.806 bits per heavy atom. The van der Waals surface area contributed by atoms with E-state index in [9.17, 15) is 14.4 Å². The summed E-state index contributed by atoms with van der Waals surface area (Å²) in [6.07, 6.45) is 5.87. The summed E-state index contributed by atoms with van der Waals surface area (Å²) < 4.78 is 0. The molecule has 6 nitrogen and oxygen atoms in total. The summed E-state index contributed by atoms with van der Waals surface area (Å²) in [5, 5.41) is 8.65. The molecule has 3 rings (SSSR count). The highest BCUT2D eigenvalue weighted by Gasteiger charge is 2.18. The van der Waals surface area contributed by atoms with Crippen molar-refractivity contribution in [2.24, 2.45) is 0 Å². The van der Waals surface area contributed by atoms with Crippen LogP contribution in [0.15, 0.2) is 60.7 Å². The number of carbonyl (C=O) groups excluding carboxylic acids is 2. The molecule has 0 radical (unpaired) electrons. The maximum absolute atomic E-state index is 12.4. The molecule has 1 amide bonds. The minimum atomic E-state index is -0.992. The molecule has 1 heterocycles. The van der Waals surface area contributed by atoms with Gasteiger partial charge in [0.15, 0.2) is 5.78 Å². The lowest BCUT2D eigenvalue weighted by Gasteiger charge is -2.35. The van der Waals surface area contributed by atoms with E-state index >= 15 is 0 Å². The zero-order chi connectivity index (χ0) is 21.5. The molecule has 162 valence electrons. The molecule has 1 fully saturated rings. The zero-order valence-electron chi connectivity index (χ0n) is 17.2. The number of anilines is 1. The second-order valence-electron chi connectivity index (χ2n) is 7.08. The average Bonchev–Trinajstić information content (AvgIpc) is 2.77. The summed E-state index contributed by atoms with van der Waals surface area (Å²) in [7, 11) is 0. The van der Waals surface area contributed by atoms with Crippen molar-refractivity contribution in [3.05, 3.63) is 77.4 Å². The van der Waals surface area contributed by atoms with Crippen molar-refractivity contribution in [1.29, 1.82) is 0 Å². The number of amides is 1. The van der Waals surface area contributed by atoms with Crippen molar-refractivity contribution in [2.45, 2.75) is 6.92 Å². The Bertz CT molecular complexity index is 974. The van der Waals surface area contributed by atoms with E-state index in [-0.39, 0.29) is 24.1 Å². The SMILES string of the molecule is CC(=O)N1CCN(c2ccc(C(=O)/C=C/c3ccc(/C=C/C(=O)O)cc3)cc2)CC1.Cl. The number of benzene rings is 2. The van der Waals surface area contributed by atoms with Crippen LogP contribution in [0.3, 0.4) is 0 Å². The molecule has 0 atom stereocenters. The third kappa shape index (κ3) is 6.83. The second-order valence-corrected chi connectivity index (χ2v) is 7.08. The van der Waals surface area contributed by atoms with Gasteiger partial charge in [0.25, 0.3) is 0 Å². The number of aliphatic carboxylic acids is 1. The van der Waals surface area contributed by atoms with E-state index in [1.54, 1.807) is 25.1 Å². The first-order chi connectivity index (χ1) is 14.4. The molecule has 31 heavy (non-hydrogen) atoms. The number of rotatable bonds is 6. The Hall–Kier alpha value is -3.38. The number of halogens is 1. The lowest BCUT2D eigenvalue weighted by atomic mass is 10.1. The van der Waals surface area contributed by atoms with Crippen LogP contribution in [-0.2, 0) is 9.59 Å². The zero-order valence-corrected chi connectivity index (χ0v) is 18.0. The molecule has 0 bridgehead atoms. The van der Waals surface area contributed by atoms with Crippen LogP contribution >= 0.6 is 12.4 Å². The molecule has 0 saturated carbocycles. The Labute approximate surface area is 187 Å². The van der Waals surface area contributed by atoms with E-state index in [0.717, 1.165) is 36.0 Å². The van der Waals surface area contributed by atoms with Crippen LogP contribution in [0, 0.1) is 0 Å². The predicted octanol–water partition coefficient (Wildman–Crippen LogP) is 3.77.